The van der Waals surface area contributed by atoms with Gasteiger partial charge >= 0.3 is 0 Å². The highest BCUT2D eigenvalue weighted by Crippen LogP contribution is 2.50. The van der Waals surface area contributed by atoms with E-state index < -0.39 is 11.3 Å². The molecular formula is C15H26F2O. The number of alkyl halides is 2. The van der Waals surface area contributed by atoms with Crippen LogP contribution in [0.3, 0.4) is 0 Å². The van der Waals surface area contributed by atoms with Gasteiger partial charge in [0.15, 0.2) is 0 Å². The van der Waals surface area contributed by atoms with Crippen LogP contribution in [0, 0.1) is 10.8 Å². The molecule has 18 heavy (non-hydrogen) atoms. The van der Waals surface area contributed by atoms with E-state index in [2.05, 4.69) is 0 Å². The summed E-state index contributed by atoms with van der Waals surface area (Å²) >= 11 is 0. The standard InChI is InChI=1S/C15H26F2O/c1-5-18-12-14(10-11-14)8-6-7-9-15(16,17)13(2,3)4/h7,9H,5-6,8,10-12H2,1-4H3/b9-7+. The fraction of sp³-hybridized carbons (Fsp3) is 0.867. The van der Waals surface area contributed by atoms with Gasteiger partial charge in [-0.05, 0) is 44.1 Å². The molecule has 0 unspecified atom stereocenters. The predicted octanol–water partition coefficient (Wildman–Crippen LogP) is 4.82. The SMILES string of the molecule is CCOCC1(CC/C=C/C(F)(F)C(C)(C)C)CC1. The van der Waals surface area contributed by atoms with Crippen LogP contribution in [0.25, 0.3) is 0 Å². The van der Waals surface area contributed by atoms with Crippen LogP contribution in [0.4, 0.5) is 8.78 Å². The molecule has 0 aliphatic heterocycles. The molecule has 0 atom stereocenters. The first-order valence-electron chi connectivity index (χ1n) is 6.86. The number of rotatable bonds is 7. The average Bonchev–Trinajstić information content (AvgIpc) is 3.01. The van der Waals surface area contributed by atoms with Crippen molar-refractivity contribution in [1.82, 2.24) is 0 Å². The molecule has 1 rings (SSSR count). The fourth-order valence-electron chi connectivity index (χ4n) is 1.83. The Morgan fingerprint density at radius 3 is 2.28 bits per heavy atom. The molecule has 106 valence electrons. The van der Waals surface area contributed by atoms with Gasteiger partial charge in [-0.2, -0.15) is 0 Å². The Balaban J connectivity index is 2.34. The Labute approximate surface area is 110 Å². The van der Waals surface area contributed by atoms with Gasteiger partial charge in [-0.1, -0.05) is 26.8 Å². The second-order valence-corrected chi connectivity index (χ2v) is 6.45. The molecule has 0 amide bonds. The highest BCUT2D eigenvalue weighted by Gasteiger charge is 2.42. The number of ether oxygens (including phenoxy) is 1. The van der Waals surface area contributed by atoms with Crippen LogP contribution in [-0.2, 0) is 4.74 Å². The lowest BCUT2D eigenvalue weighted by molar-refractivity contribution is -0.0502. The molecule has 1 aliphatic rings. The Morgan fingerprint density at radius 2 is 1.83 bits per heavy atom. The third-order valence-electron chi connectivity index (χ3n) is 3.74. The number of hydrogen-bond donors (Lipinski definition) is 0. The quantitative estimate of drug-likeness (QED) is 0.596. The van der Waals surface area contributed by atoms with Gasteiger partial charge in [0.2, 0.25) is 0 Å². The molecule has 0 N–H and O–H groups in total. The van der Waals surface area contributed by atoms with Gasteiger partial charge in [-0.25, -0.2) is 8.78 Å². The van der Waals surface area contributed by atoms with E-state index in [1.807, 2.05) is 6.92 Å². The number of allylic oxidation sites excluding steroid dienone is 2. The molecule has 0 aromatic carbocycles. The van der Waals surface area contributed by atoms with E-state index in [0.717, 1.165) is 32.1 Å². The Bertz CT molecular complexity index is 285. The van der Waals surface area contributed by atoms with Crippen LogP contribution in [0.2, 0.25) is 0 Å². The number of hydrogen-bond acceptors (Lipinski definition) is 1. The largest absolute Gasteiger partial charge is 0.381 e. The molecule has 1 nitrogen and oxygen atoms in total. The summed E-state index contributed by atoms with van der Waals surface area (Å²) in [6.45, 7) is 8.20. The minimum atomic E-state index is -2.73. The maximum absolute atomic E-state index is 13.7. The van der Waals surface area contributed by atoms with Crippen LogP contribution < -0.4 is 0 Å². The summed E-state index contributed by atoms with van der Waals surface area (Å²) in [6.07, 6.45) is 6.75. The van der Waals surface area contributed by atoms with Crippen LogP contribution >= 0.6 is 0 Å². The minimum Gasteiger partial charge on any atom is -0.381 e. The third-order valence-corrected chi connectivity index (χ3v) is 3.74. The van der Waals surface area contributed by atoms with Crippen molar-refractivity contribution in [3.05, 3.63) is 12.2 Å². The second kappa shape index (κ2) is 5.68. The third kappa shape index (κ3) is 4.34. The molecule has 0 radical (unpaired) electrons. The van der Waals surface area contributed by atoms with Gasteiger partial charge in [-0.3, -0.25) is 0 Å². The predicted molar refractivity (Wildman–Crippen MR) is 70.9 cm³/mol. The molecule has 0 aromatic rings. The fourth-order valence-corrected chi connectivity index (χ4v) is 1.83. The monoisotopic (exact) mass is 260 g/mol. The summed E-state index contributed by atoms with van der Waals surface area (Å²) in [6, 6.07) is 0. The van der Waals surface area contributed by atoms with E-state index in [0.29, 0.717) is 0 Å². The smallest absolute Gasteiger partial charge is 0.271 e. The molecule has 1 fully saturated rings. The van der Waals surface area contributed by atoms with Crippen LogP contribution in [0.1, 0.15) is 53.4 Å². The van der Waals surface area contributed by atoms with E-state index >= 15 is 0 Å². The van der Waals surface area contributed by atoms with Gasteiger partial charge in [0.05, 0.1) is 6.61 Å². The maximum atomic E-state index is 13.7. The lowest BCUT2D eigenvalue weighted by atomic mass is 9.87. The average molecular weight is 260 g/mol. The van der Waals surface area contributed by atoms with Crippen molar-refractivity contribution in [2.45, 2.75) is 59.3 Å². The topological polar surface area (TPSA) is 9.23 Å². The van der Waals surface area contributed by atoms with Gasteiger partial charge in [-0.15, -0.1) is 0 Å². The summed E-state index contributed by atoms with van der Waals surface area (Å²) in [4.78, 5) is 0. The minimum absolute atomic E-state index is 0.289. The zero-order valence-corrected chi connectivity index (χ0v) is 12.1. The van der Waals surface area contributed by atoms with Crippen molar-refractivity contribution >= 4 is 0 Å². The highest BCUT2D eigenvalue weighted by atomic mass is 19.3. The van der Waals surface area contributed by atoms with Crippen LogP contribution in [0.5, 0.6) is 0 Å². The Hall–Kier alpha value is -0.440. The molecule has 0 aromatic heterocycles. The maximum Gasteiger partial charge on any atom is 0.271 e. The van der Waals surface area contributed by atoms with Gasteiger partial charge < -0.3 is 4.74 Å². The zero-order chi connectivity index (χ0) is 13.9. The van der Waals surface area contributed by atoms with Gasteiger partial charge in [0.1, 0.15) is 0 Å². The summed E-state index contributed by atoms with van der Waals surface area (Å²) in [7, 11) is 0. The van der Waals surface area contributed by atoms with Crippen molar-refractivity contribution in [3.63, 3.8) is 0 Å². The molecule has 1 aliphatic carbocycles. The van der Waals surface area contributed by atoms with Crippen molar-refractivity contribution in [2.75, 3.05) is 13.2 Å². The van der Waals surface area contributed by atoms with Crippen molar-refractivity contribution < 1.29 is 13.5 Å². The van der Waals surface area contributed by atoms with Crippen molar-refractivity contribution in [2.24, 2.45) is 10.8 Å². The van der Waals surface area contributed by atoms with E-state index in [1.54, 1.807) is 26.8 Å². The normalized spacial score (nSPS) is 19.4. The van der Waals surface area contributed by atoms with E-state index in [-0.39, 0.29) is 5.41 Å². The van der Waals surface area contributed by atoms with Crippen molar-refractivity contribution in [1.29, 1.82) is 0 Å². The van der Waals surface area contributed by atoms with Gasteiger partial charge in [0, 0.05) is 12.0 Å². The zero-order valence-electron chi connectivity index (χ0n) is 12.1. The molecule has 0 spiro atoms. The first kappa shape index (κ1) is 15.6. The molecule has 0 saturated heterocycles. The first-order chi connectivity index (χ1) is 8.22. The number of halogens is 2. The highest BCUT2D eigenvalue weighted by molar-refractivity contribution is 5.02. The van der Waals surface area contributed by atoms with Crippen molar-refractivity contribution in [3.8, 4) is 0 Å². The molecule has 3 heteroatoms. The first-order valence-corrected chi connectivity index (χ1v) is 6.86. The van der Waals surface area contributed by atoms with Crippen LogP contribution in [0.15, 0.2) is 12.2 Å². The Morgan fingerprint density at radius 1 is 1.22 bits per heavy atom. The second-order valence-electron chi connectivity index (χ2n) is 6.45. The summed E-state index contributed by atoms with van der Waals surface area (Å²) in [5, 5.41) is 0. The lowest BCUT2D eigenvalue weighted by Gasteiger charge is -2.27. The van der Waals surface area contributed by atoms with E-state index in [1.165, 1.54) is 12.8 Å². The van der Waals surface area contributed by atoms with E-state index in [4.69, 9.17) is 4.74 Å². The summed E-state index contributed by atoms with van der Waals surface area (Å²) < 4.78 is 32.8. The summed E-state index contributed by atoms with van der Waals surface area (Å²) in [5.41, 5.74) is -0.719. The molecule has 1 saturated carbocycles. The Kier molecular flexibility index (Phi) is 4.93. The lowest BCUT2D eigenvalue weighted by Crippen LogP contribution is -2.31. The van der Waals surface area contributed by atoms with Crippen LogP contribution in [-0.4, -0.2) is 19.1 Å². The molecule has 0 bridgehead atoms. The summed E-state index contributed by atoms with van der Waals surface area (Å²) in [5.74, 6) is -2.73. The van der Waals surface area contributed by atoms with E-state index in [9.17, 15) is 8.78 Å². The molecule has 0 heterocycles. The molecular weight excluding hydrogens is 234 g/mol. The van der Waals surface area contributed by atoms with Gasteiger partial charge in [0.25, 0.3) is 5.92 Å².